The van der Waals surface area contributed by atoms with E-state index in [0.29, 0.717) is 16.6 Å². The number of unbranched alkanes of at least 4 members (excludes halogenated alkanes) is 3. The largest absolute Gasteiger partial charge is 0.468 e. The molecule has 0 radical (unpaired) electrons. The molecule has 206 valence electrons. The van der Waals surface area contributed by atoms with Crippen LogP contribution in [-0.4, -0.2) is 43.4 Å². The summed E-state index contributed by atoms with van der Waals surface area (Å²) in [5.41, 5.74) is 4.10. The third kappa shape index (κ3) is 6.83. The van der Waals surface area contributed by atoms with Gasteiger partial charge in [-0.25, -0.2) is 0 Å². The predicted molar refractivity (Wildman–Crippen MR) is 153 cm³/mol. The molecule has 1 aliphatic rings. The van der Waals surface area contributed by atoms with E-state index in [0.717, 1.165) is 30.5 Å². The molecular weight excluding hydrogens is 466 g/mol. The number of nitrogens with zero attached hydrogens (tertiary/aromatic N) is 2. The highest BCUT2D eigenvalue weighted by Crippen LogP contribution is 2.43. The topological polar surface area (TPSA) is 64.8 Å². The van der Waals surface area contributed by atoms with Gasteiger partial charge in [-0.2, -0.15) is 0 Å². The lowest BCUT2D eigenvalue weighted by Gasteiger charge is -2.44. The lowest BCUT2D eigenvalue weighted by atomic mass is 9.95. The number of hydrogen-bond donors (Lipinski definition) is 1. The summed E-state index contributed by atoms with van der Waals surface area (Å²) >= 11 is 0. The minimum atomic E-state index is -1.87. The summed E-state index contributed by atoms with van der Waals surface area (Å²) in [6.07, 6.45) is 11.1. The number of esters is 1. The summed E-state index contributed by atoms with van der Waals surface area (Å²) in [6, 6.07) is 1.67. The molecule has 1 aromatic heterocycles. The highest BCUT2D eigenvalue weighted by atomic mass is 28.3. The van der Waals surface area contributed by atoms with Crippen LogP contribution in [0.4, 0.5) is 0 Å². The van der Waals surface area contributed by atoms with Crippen molar-refractivity contribution in [2.45, 2.75) is 136 Å². The fourth-order valence-electron chi connectivity index (χ4n) is 6.53. The quantitative estimate of drug-likeness (QED) is 0.148. The number of rotatable bonds is 15. The molecule has 0 fully saturated rings. The number of carbonyl (C=O) groups is 1. The number of carbonyl (C=O) groups excluding carboxylic acids is 1. The first kappa shape index (κ1) is 30.6. The van der Waals surface area contributed by atoms with E-state index in [1.807, 2.05) is 0 Å². The van der Waals surface area contributed by atoms with E-state index in [-0.39, 0.29) is 24.0 Å². The zero-order valence-electron chi connectivity index (χ0n) is 24.6. The smallest absolute Gasteiger partial charge is 0.323 e. The van der Waals surface area contributed by atoms with Crippen LogP contribution in [0.3, 0.4) is 0 Å². The number of aromatic nitrogens is 1. The normalized spacial score (nSPS) is 18.2. The lowest BCUT2D eigenvalue weighted by molar-refractivity contribution is -0.145. The highest BCUT2D eigenvalue weighted by Gasteiger charge is 2.45. The van der Waals surface area contributed by atoms with E-state index in [1.165, 1.54) is 26.4 Å². The van der Waals surface area contributed by atoms with Crippen LogP contribution in [0, 0.1) is 5.92 Å². The Kier molecular flexibility index (Phi) is 11.7. The minimum absolute atomic E-state index is 0.0910. The maximum atomic E-state index is 12.7. The van der Waals surface area contributed by atoms with E-state index < -0.39 is 14.3 Å². The number of methoxy groups -OCH3 is 1. The molecule has 1 aromatic rings. The highest BCUT2D eigenvalue weighted by molar-refractivity contribution is 6.82. The second-order valence-corrected chi connectivity index (χ2v) is 17.7. The van der Waals surface area contributed by atoms with Crippen LogP contribution < -0.4 is 5.32 Å². The van der Waals surface area contributed by atoms with Gasteiger partial charge in [0, 0.05) is 12.6 Å². The van der Waals surface area contributed by atoms with E-state index in [2.05, 4.69) is 95.5 Å². The lowest BCUT2D eigenvalue weighted by Crippen LogP contribution is -2.51. The molecule has 0 saturated heterocycles. The van der Waals surface area contributed by atoms with Crippen LogP contribution in [0.2, 0.25) is 16.6 Å². The molecule has 36 heavy (non-hydrogen) atoms. The van der Waals surface area contributed by atoms with Crippen LogP contribution in [0.5, 0.6) is 0 Å². The Morgan fingerprint density at radius 2 is 1.75 bits per heavy atom. The van der Waals surface area contributed by atoms with E-state index >= 15 is 0 Å². The maximum Gasteiger partial charge on any atom is 0.323 e. The van der Waals surface area contributed by atoms with Gasteiger partial charge in [0.2, 0.25) is 0 Å². The van der Waals surface area contributed by atoms with Crippen molar-refractivity contribution in [3.8, 4) is 0 Å². The van der Waals surface area contributed by atoms with Gasteiger partial charge in [0.1, 0.15) is 6.04 Å². The first-order chi connectivity index (χ1) is 17.0. The molecular formula is C29H53N3O3Si. The van der Waals surface area contributed by atoms with Crippen molar-refractivity contribution in [3.05, 3.63) is 24.0 Å². The maximum absolute atomic E-state index is 12.7. The fraction of sp³-hybridized carbons (Fsp3) is 0.793. The van der Waals surface area contributed by atoms with Gasteiger partial charge in [-0.15, -0.1) is 0 Å². The molecule has 6 nitrogen and oxygen atoms in total. The monoisotopic (exact) mass is 519 g/mol. The van der Waals surface area contributed by atoms with E-state index in [4.69, 9.17) is 9.57 Å². The zero-order valence-corrected chi connectivity index (χ0v) is 25.6. The third-order valence-corrected chi connectivity index (χ3v) is 14.9. The number of oxime groups is 1. The Morgan fingerprint density at radius 1 is 1.11 bits per heavy atom. The zero-order chi connectivity index (χ0) is 27.0. The Morgan fingerprint density at radius 3 is 2.28 bits per heavy atom. The molecule has 1 N–H and O–H groups in total. The Hall–Kier alpha value is -1.60. The summed E-state index contributed by atoms with van der Waals surface area (Å²) in [4.78, 5) is 18.7. The Bertz CT molecular complexity index is 825. The van der Waals surface area contributed by atoms with Crippen LogP contribution in [0.1, 0.15) is 112 Å². The van der Waals surface area contributed by atoms with Crippen LogP contribution in [-0.2, 0) is 14.4 Å². The molecule has 0 amide bonds. The number of ether oxygens (including phenoxy) is 1. The predicted octanol–water partition coefficient (Wildman–Crippen LogP) is 7.46. The van der Waals surface area contributed by atoms with Gasteiger partial charge in [0.15, 0.2) is 14.3 Å². The molecule has 2 rings (SSSR count). The van der Waals surface area contributed by atoms with Gasteiger partial charge in [0.25, 0.3) is 0 Å². The van der Waals surface area contributed by atoms with Crippen molar-refractivity contribution in [1.82, 2.24) is 9.55 Å². The molecule has 0 bridgehead atoms. The first-order valence-corrected chi connectivity index (χ1v) is 16.4. The number of nitrogens with one attached hydrogen (secondary N) is 1. The van der Waals surface area contributed by atoms with Gasteiger partial charge < -0.3 is 13.8 Å². The Labute approximate surface area is 221 Å². The molecule has 3 atom stereocenters. The Balaban J connectivity index is 2.39. The van der Waals surface area contributed by atoms with E-state index in [1.54, 1.807) is 0 Å². The average molecular weight is 520 g/mol. The SMILES string of the molecule is CCCCCCC1=NOC(C(N[C@H](C(=O)OC)C(C)C)c2ccn([Si](C(C)C)(C(C)C)C(C)C)c2)C1. The standard InChI is InChI=1S/C29H53N3O3Si/c1-11-12-13-14-15-25-18-26(35-31-25)28(30-27(20(2)3)29(33)34-10)24-16-17-32(19-24)36(21(4)5,22(6)7)23(8)9/h16-17,19-23,26-28,30H,11-15,18H2,1-10H3/t26?,27-,28?/m0/s1. The molecule has 0 aliphatic carbocycles. The summed E-state index contributed by atoms with van der Waals surface area (Å²) < 4.78 is 7.71. The molecule has 2 heterocycles. The minimum Gasteiger partial charge on any atom is -0.468 e. The first-order valence-electron chi connectivity index (χ1n) is 14.2. The van der Waals surface area contributed by atoms with Crippen molar-refractivity contribution in [2.24, 2.45) is 11.1 Å². The second kappa shape index (κ2) is 13.8. The molecule has 0 spiro atoms. The van der Waals surface area contributed by atoms with Gasteiger partial charge in [0.05, 0.1) is 18.9 Å². The van der Waals surface area contributed by atoms with Gasteiger partial charge in [-0.1, -0.05) is 86.7 Å². The van der Waals surface area contributed by atoms with Crippen LogP contribution >= 0.6 is 0 Å². The third-order valence-electron chi connectivity index (χ3n) is 8.22. The number of hydrogen-bond acceptors (Lipinski definition) is 5. The van der Waals surface area contributed by atoms with Crippen LogP contribution in [0.15, 0.2) is 23.6 Å². The van der Waals surface area contributed by atoms with Crippen molar-refractivity contribution in [3.63, 3.8) is 0 Å². The van der Waals surface area contributed by atoms with Crippen molar-refractivity contribution in [2.75, 3.05) is 7.11 Å². The van der Waals surface area contributed by atoms with Crippen molar-refractivity contribution < 1.29 is 14.4 Å². The van der Waals surface area contributed by atoms with E-state index in [9.17, 15) is 4.79 Å². The summed E-state index contributed by atoms with van der Waals surface area (Å²) in [6.45, 7) is 20.6. The van der Waals surface area contributed by atoms with Gasteiger partial charge in [-0.3, -0.25) is 10.1 Å². The molecule has 2 unspecified atom stereocenters. The molecule has 0 aromatic carbocycles. The van der Waals surface area contributed by atoms with Crippen LogP contribution in [0.25, 0.3) is 0 Å². The average Bonchev–Trinajstić information content (AvgIpc) is 3.47. The molecule has 1 aliphatic heterocycles. The molecule has 0 saturated carbocycles. The molecule has 7 heteroatoms. The van der Waals surface area contributed by atoms with Crippen molar-refractivity contribution in [1.29, 1.82) is 0 Å². The summed E-state index contributed by atoms with van der Waals surface area (Å²) in [7, 11) is -0.409. The summed E-state index contributed by atoms with van der Waals surface area (Å²) in [5.74, 6) is -0.142. The fourth-order valence-corrected chi connectivity index (χ4v) is 13.0. The van der Waals surface area contributed by atoms with Gasteiger partial charge >= 0.3 is 5.97 Å². The van der Waals surface area contributed by atoms with Gasteiger partial charge in [-0.05, 0) is 53.2 Å². The van der Waals surface area contributed by atoms with Crippen molar-refractivity contribution >= 4 is 19.9 Å². The summed E-state index contributed by atoms with van der Waals surface area (Å²) in [5, 5.41) is 8.12. The second-order valence-electron chi connectivity index (χ2n) is 11.9.